The van der Waals surface area contributed by atoms with Crippen molar-refractivity contribution >= 4 is 33.7 Å². The number of halogens is 1. The minimum Gasteiger partial charge on any atom is -0.457 e. The number of benzene rings is 3. The average Bonchev–Trinajstić information content (AvgIpc) is 2.78. The van der Waals surface area contributed by atoms with E-state index < -0.39 is 11.9 Å². The van der Waals surface area contributed by atoms with E-state index >= 15 is 0 Å². The van der Waals surface area contributed by atoms with Crippen LogP contribution in [0.1, 0.15) is 47.8 Å². The van der Waals surface area contributed by atoms with Gasteiger partial charge in [-0.1, -0.05) is 51.3 Å². The van der Waals surface area contributed by atoms with Gasteiger partial charge in [0.15, 0.2) is 5.78 Å². The maximum atomic E-state index is 12.6. The lowest BCUT2D eigenvalue weighted by atomic mass is 10.1. The second-order valence-corrected chi connectivity index (χ2v) is 7.64. The van der Waals surface area contributed by atoms with Crippen LogP contribution in [-0.2, 0) is 11.3 Å². The van der Waals surface area contributed by atoms with Gasteiger partial charge in [-0.2, -0.15) is 0 Å². The van der Waals surface area contributed by atoms with Gasteiger partial charge in [0, 0.05) is 11.1 Å². The van der Waals surface area contributed by atoms with Crippen molar-refractivity contribution in [3.63, 3.8) is 0 Å². The number of Topliss-reactive ketones (excluding diaryl/α,β-unsaturated/α-hetero) is 1. The molecule has 0 heterocycles. The van der Waals surface area contributed by atoms with Crippen molar-refractivity contribution in [3.05, 3.63) is 100 Å². The standard InChI is InChI=1S/C25H21BrO5/c1-16-6-8-18(9-7-16)24(28)30-15-21-13-19(22(27)14-26)10-11-23(21)31-25(29)20-5-3-4-17(2)12-20/h3-13H,14-15H2,1-2H3. The van der Waals surface area contributed by atoms with Crippen LogP contribution >= 0.6 is 15.9 Å². The number of carbonyl (C=O) groups is 3. The molecular formula is C25H21BrO5. The van der Waals surface area contributed by atoms with E-state index in [2.05, 4.69) is 15.9 Å². The molecule has 6 heteroatoms. The number of rotatable bonds is 7. The minimum atomic E-state index is -0.533. The average molecular weight is 481 g/mol. The first-order chi connectivity index (χ1) is 14.9. The van der Waals surface area contributed by atoms with E-state index in [1.165, 1.54) is 0 Å². The summed E-state index contributed by atoms with van der Waals surface area (Å²) >= 11 is 3.15. The number of alkyl halides is 1. The zero-order chi connectivity index (χ0) is 22.4. The Morgan fingerprint density at radius 2 is 1.48 bits per heavy atom. The topological polar surface area (TPSA) is 69.7 Å². The van der Waals surface area contributed by atoms with E-state index in [4.69, 9.17) is 9.47 Å². The first kappa shape index (κ1) is 22.4. The van der Waals surface area contributed by atoms with Crippen molar-refractivity contribution in [2.75, 3.05) is 5.33 Å². The maximum absolute atomic E-state index is 12.6. The monoisotopic (exact) mass is 480 g/mol. The number of aryl methyl sites for hydroxylation is 2. The van der Waals surface area contributed by atoms with Gasteiger partial charge in [-0.15, -0.1) is 0 Å². The molecule has 0 radical (unpaired) electrons. The molecule has 31 heavy (non-hydrogen) atoms. The molecule has 0 aliphatic heterocycles. The summed E-state index contributed by atoms with van der Waals surface area (Å²) < 4.78 is 11.0. The van der Waals surface area contributed by atoms with Crippen LogP contribution < -0.4 is 4.74 Å². The van der Waals surface area contributed by atoms with Crippen LogP contribution in [0.25, 0.3) is 0 Å². The third-order valence-corrected chi connectivity index (χ3v) is 5.12. The Morgan fingerprint density at radius 3 is 2.16 bits per heavy atom. The normalized spacial score (nSPS) is 10.4. The number of esters is 2. The smallest absolute Gasteiger partial charge is 0.343 e. The molecule has 0 saturated heterocycles. The van der Waals surface area contributed by atoms with Crippen molar-refractivity contribution in [3.8, 4) is 5.75 Å². The van der Waals surface area contributed by atoms with E-state index in [1.54, 1.807) is 48.5 Å². The largest absolute Gasteiger partial charge is 0.457 e. The molecular weight excluding hydrogens is 460 g/mol. The van der Waals surface area contributed by atoms with Gasteiger partial charge < -0.3 is 9.47 Å². The summed E-state index contributed by atoms with van der Waals surface area (Å²) in [6, 6.07) is 18.7. The Labute approximate surface area is 189 Å². The van der Waals surface area contributed by atoms with Crippen LogP contribution in [0, 0.1) is 13.8 Å². The zero-order valence-corrected chi connectivity index (χ0v) is 18.8. The van der Waals surface area contributed by atoms with Crippen molar-refractivity contribution in [1.29, 1.82) is 0 Å². The zero-order valence-electron chi connectivity index (χ0n) is 17.2. The summed E-state index contributed by atoms with van der Waals surface area (Å²) in [5.41, 5.74) is 3.63. The fourth-order valence-corrected chi connectivity index (χ4v) is 3.21. The summed E-state index contributed by atoms with van der Waals surface area (Å²) in [5, 5.41) is 0.151. The van der Waals surface area contributed by atoms with Crippen molar-refractivity contribution < 1.29 is 23.9 Å². The van der Waals surface area contributed by atoms with Crippen molar-refractivity contribution in [2.24, 2.45) is 0 Å². The molecule has 3 aromatic rings. The lowest BCUT2D eigenvalue weighted by Crippen LogP contribution is -2.12. The number of hydrogen-bond donors (Lipinski definition) is 0. The molecule has 0 saturated carbocycles. The number of ether oxygens (including phenoxy) is 2. The van der Waals surface area contributed by atoms with E-state index in [0.29, 0.717) is 22.3 Å². The van der Waals surface area contributed by atoms with Gasteiger partial charge in [0.25, 0.3) is 0 Å². The van der Waals surface area contributed by atoms with E-state index in [-0.39, 0.29) is 23.5 Å². The Kier molecular flexibility index (Phi) is 7.36. The maximum Gasteiger partial charge on any atom is 0.343 e. The first-order valence-corrected chi connectivity index (χ1v) is 10.7. The summed E-state index contributed by atoms with van der Waals surface area (Å²) in [4.78, 5) is 37.1. The summed E-state index contributed by atoms with van der Waals surface area (Å²) in [6.07, 6.45) is 0. The predicted molar refractivity (Wildman–Crippen MR) is 121 cm³/mol. The number of carbonyl (C=O) groups excluding carboxylic acids is 3. The molecule has 5 nitrogen and oxygen atoms in total. The fourth-order valence-electron chi connectivity index (χ4n) is 2.89. The highest BCUT2D eigenvalue weighted by molar-refractivity contribution is 9.09. The first-order valence-electron chi connectivity index (χ1n) is 9.62. The van der Waals surface area contributed by atoms with Gasteiger partial charge in [0.2, 0.25) is 0 Å². The molecule has 0 N–H and O–H groups in total. The third kappa shape index (κ3) is 5.89. The van der Waals surface area contributed by atoms with Gasteiger partial charge in [-0.05, 0) is 56.3 Å². The lowest BCUT2D eigenvalue weighted by molar-refractivity contribution is 0.0469. The van der Waals surface area contributed by atoms with Gasteiger partial charge in [-0.25, -0.2) is 9.59 Å². The molecule has 0 unspecified atom stereocenters. The Balaban J connectivity index is 1.83. The van der Waals surface area contributed by atoms with Crippen LogP contribution in [0.3, 0.4) is 0 Å². The lowest BCUT2D eigenvalue weighted by Gasteiger charge is -2.13. The van der Waals surface area contributed by atoms with Gasteiger partial charge in [-0.3, -0.25) is 4.79 Å². The predicted octanol–water partition coefficient (Wildman–Crippen LogP) is 5.46. The minimum absolute atomic E-state index is 0.136. The molecule has 158 valence electrons. The number of hydrogen-bond acceptors (Lipinski definition) is 5. The summed E-state index contributed by atoms with van der Waals surface area (Å²) in [5.74, 6) is -0.945. The molecule has 3 rings (SSSR count). The third-order valence-electron chi connectivity index (χ3n) is 4.61. The Morgan fingerprint density at radius 1 is 0.774 bits per heavy atom. The number of ketones is 1. The van der Waals surface area contributed by atoms with Crippen LogP contribution in [0.4, 0.5) is 0 Å². The fraction of sp³-hybridized carbons (Fsp3) is 0.160. The highest BCUT2D eigenvalue weighted by Crippen LogP contribution is 2.24. The highest BCUT2D eigenvalue weighted by atomic mass is 79.9. The highest BCUT2D eigenvalue weighted by Gasteiger charge is 2.16. The van der Waals surface area contributed by atoms with Gasteiger partial charge in [0.1, 0.15) is 12.4 Å². The molecule has 0 atom stereocenters. The molecule has 0 aliphatic carbocycles. The molecule has 0 spiro atoms. The second kappa shape index (κ2) is 10.2. The van der Waals surface area contributed by atoms with Crippen molar-refractivity contribution in [1.82, 2.24) is 0 Å². The Hall–Kier alpha value is -3.25. The molecule has 0 fully saturated rings. The molecule has 0 amide bonds. The molecule has 0 bridgehead atoms. The molecule has 0 aliphatic rings. The van der Waals surface area contributed by atoms with Crippen LogP contribution in [-0.4, -0.2) is 23.1 Å². The summed E-state index contributed by atoms with van der Waals surface area (Å²) in [6.45, 7) is 3.66. The van der Waals surface area contributed by atoms with E-state index in [1.807, 2.05) is 32.0 Å². The van der Waals surface area contributed by atoms with Gasteiger partial charge >= 0.3 is 11.9 Å². The van der Waals surface area contributed by atoms with Crippen LogP contribution in [0.15, 0.2) is 66.7 Å². The van der Waals surface area contributed by atoms with E-state index in [9.17, 15) is 14.4 Å². The SMILES string of the molecule is Cc1ccc(C(=O)OCc2cc(C(=O)CBr)ccc2OC(=O)c2cccc(C)c2)cc1. The van der Waals surface area contributed by atoms with Crippen LogP contribution in [0.5, 0.6) is 5.75 Å². The van der Waals surface area contributed by atoms with Crippen molar-refractivity contribution in [2.45, 2.75) is 20.5 Å². The summed E-state index contributed by atoms with van der Waals surface area (Å²) in [7, 11) is 0. The Bertz CT molecular complexity index is 1120. The quantitative estimate of drug-likeness (QED) is 0.194. The molecule has 3 aromatic carbocycles. The van der Waals surface area contributed by atoms with Crippen LogP contribution in [0.2, 0.25) is 0 Å². The molecule has 0 aromatic heterocycles. The second-order valence-electron chi connectivity index (χ2n) is 7.08. The van der Waals surface area contributed by atoms with Gasteiger partial charge in [0.05, 0.1) is 16.5 Å². The van der Waals surface area contributed by atoms with E-state index in [0.717, 1.165) is 11.1 Å².